The van der Waals surface area contributed by atoms with Crippen LogP contribution in [0, 0.1) is 6.92 Å². The highest BCUT2D eigenvalue weighted by atomic mass is 32.2. The standard InChI is InChI=1S/C26H34N2O3S/c1-19-8-10-22(11-9-19)17-32-18-25(29)28(16-21-12-14-24(31-3)15-13-21)20(2)26(30)27-23-6-4-5-7-23/h8-15,20,23H,4-7,16-18H2,1-3H3,(H,27,30). The monoisotopic (exact) mass is 454 g/mol. The summed E-state index contributed by atoms with van der Waals surface area (Å²) in [5.74, 6) is 1.79. The van der Waals surface area contributed by atoms with Gasteiger partial charge in [-0.25, -0.2) is 0 Å². The molecule has 2 amide bonds. The van der Waals surface area contributed by atoms with Crippen molar-refractivity contribution in [2.24, 2.45) is 0 Å². The minimum atomic E-state index is -0.523. The number of methoxy groups -OCH3 is 1. The highest BCUT2D eigenvalue weighted by Gasteiger charge is 2.28. The first-order chi connectivity index (χ1) is 15.5. The van der Waals surface area contributed by atoms with Crippen LogP contribution in [0.5, 0.6) is 5.75 Å². The molecule has 32 heavy (non-hydrogen) atoms. The van der Waals surface area contributed by atoms with Crippen molar-refractivity contribution < 1.29 is 14.3 Å². The molecule has 1 atom stereocenters. The van der Waals surface area contributed by atoms with Crippen LogP contribution >= 0.6 is 11.8 Å². The Labute approximate surface area is 195 Å². The summed E-state index contributed by atoms with van der Waals surface area (Å²) in [7, 11) is 1.63. The molecular formula is C26H34N2O3S. The zero-order valence-electron chi connectivity index (χ0n) is 19.3. The first kappa shape index (κ1) is 24.2. The van der Waals surface area contributed by atoms with Gasteiger partial charge in [-0.2, -0.15) is 0 Å². The van der Waals surface area contributed by atoms with Gasteiger partial charge < -0.3 is 15.0 Å². The van der Waals surface area contributed by atoms with Gasteiger partial charge in [-0.3, -0.25) is 9.59 Å². The lowest BCUT2D eigenvalue weighted by atomic mass is 10.1. The molecular weight excluding hydrogens is 420 g/mol. The summed E-state index contributed by atoms with van der Waals surface area (Å²) in [5.41, 5.74) is 3.40. The van der Waals surface area contributed by atoms with Crippen molar-refractivity contribution >= 4 is 23.6 Å². The Morgan fingerprint density at radius 3 is 2.31 bits per heavy atom. The van der Waals surface area contributed by atoms with Crippen molar-refractivity contribution in [2.75, 3.05) is 12.9 Å². The van der Waals surface area contributed by atoms with E-state index in [4.69, 9.17) is 4.74 Å². The smallest absolute Gasteiger partial charge is 0.242 e. The van der Waals surface area contributed by atoms with Crippen molar-refractivity contribution in [1.82, 2.24) is 10.2 Å². The minimum absolute atomic E-state index is 0.0213. The predicted octanol–water partition coefficient (Wildman–Crippen LogP) is 4.71. The summed E-state index contributed by atoms with van der Waals surface area (Å²) in [5, 5.41) is 3.15. The average molecular weight is 455 g/mol. The van der Waals surface area contributed by atoms with E-state index in [1.165, 1.54) is 11.1 Å². The predicted molar refractivity (Wildman–Crippen MR) is 131 cm³/mol. The maximum atomic E-state index is 13.2. The van der Waals surface area contributed by atoms with Crippen LogP contribution in [0.15, 0.2) is 48.5 Å². The van der Waals surface area contributed by atoms with Gasteiger partial charge in [0.1, 0.15) is 11.8 Å². The topological polar surface area (TPSA) is 58.6 Å². The highest BCUT2D eigenvalue weighted by Crippen LogP contribution is 2.20. The van der Waals surface area contributed by atoms with Crippen LogP contribution in [0.4, 0.5) is 0 Å². The lowest BCUT2D eigenvalue weighted by molar-refractivity contribution is -0.138. The largest absolute Gasteiger partial charge is 0.497 e. The molecule has 1 saturated carbocycles. The number of nitrogens with one attached hydrogen (secondary N) is 1. The van der Waals surface area contributed by atoms with Crippen LogP contribution in [0.25, 0.3) is 0 Å². The number of hydrogen-bond donors (Lipinski definition) is 1. The third kappa shape index (κ3) is 7.02. The van der Waals surface area contributed by atoms with E-state index in [2.05, 4.69) is 36.5 Å². The van der Waals surface area contributed by atoms with Crippen LogP contribution in [0.2, 0.25) is 0 Å². The Bertz CT molecular complexity index is 877. The van der Waals surface area contributed by atoms with E-state index in [1.807, 2.05) is 31.2 Å². The van der Waals surface area contributed by atoms with Crippen LogP contribution in [-0.4, -0.2) is 41.7 Å². The molecule has 5 nitrogen and oxygen atoms in total. The Kier molecular flexibility index (Phi) is 9.03. The van der Waals surface area contributed by atoms with Gasteiger partial charge in [-0.05, 0) is 49.9 Å². The zero-order valence-corrected chi connectivity index (χ0v) is 20.1. The highest BCUT2D eigenvalue weighted by molar-refractivity contribution is 7.99. The number of thioether (sulfide) groups is 1. The van der Waals surface area contributed by atoms with Crippen LogP contribution in [0.3, 0.4) is 0 Å². The molecule has 0 spiro atoms. The molecule has 2 aromatic carbocycles. The first-order valence-corrected chi connectivity index (χ1v) is 12.5. The van der Waals surface area contributed by atoms with E-state index in [0.29, 0.717) is 12.3 Å². The summed E-state index contributed by atoms with van der Waals surface area (Å²) in [6.45, 7) is 4.29. The van der Waals surface area contributed by atoms with Crippen molar-refractivity contribution in [1.29, 1.82) is 0 Å². The fourth-order valence-corrected chi connectivity index (χ4v) is 4.80. The van der Waals surface area contributed by atoms with E-state index in [0.717, 1.165) is 42.7 Å². The molecule has 3 rings (SSSR count). The number of aryl methyl sites for hydroxylation is 1. The molecule has 2 aromatic rings. The lowest BCUT2D eigenvalue weighted by Gasteiger charge is -2.29. The van der Waals surface area contributed by atoms with E-state index in [9.17, 15) is 9.59 Å². The van der Waals surface area contributed by atoms with Crippen LogP contribution < -0.4 is 10.1 Å². The third-order valence-corrected chi connectivity index (χ3v) is 6.98. The van der Waals surface area contributed by atoms with Gasteiger partial charge in [0.2, 0.25) is 11.8 Å². The van der Waals surface area contributed by atoms with Gasteiger partial charge in [-0.15, -0.1) is 11.8 Å². The Balaban J connectivity index is 1.65. The summed E-state index contributed by atoms with van der Waals surface area (Å²) < 4.78 is 5.24. The average Bonchev–Trinajstić information content (AvgIpc) is 3.31. The Hall–Kier alpha value is -2.47. The summed E-state index contributed by atoms with van der Waals surface area (Å²) in [6.07, 6.45) is 4.36. The summed E-state index contributed by atoms with van der Waals surface area (Å²) in [6, 6.07) is 15.7. The molecule has 0 bridgehead atoms. The van der Waals surface area contributed by atoms with Gasteiger partial charge in [0.05, 0.1) is 12.9 Å². The molecule has 0 saturated heterocycles. The molecule has 1 aliphatic carbocycles. The van der Waals surface area contributed by atoms with E-state index in [-0.39, 0.29) is 17.9 Å². The van der Waals surface area contributed by atoms with Crippen LogP contribution in [0.1, 0.15) is 49.3 Å². The van der Waals surface area contributed by atoms with Crippen molar-refractivity contribution in [3.63, 3.8) is 0 Å². The molecule has 0 radical (unpaired) electrons. The number of ether oxygens (including phenoxy) is 1. The molecule has 0 heterocycles. The van der Waals surface area contributed by atoms with Crippen molar-refractivity contribution in [3.05, 3.63) is 65.2 Å². The molecule has 1 fully saturated rings. The number of carbonyl (C=O) groups excluding carboxylic acids is 2. The minimum Gasteiger partial charge on any atom is -0.497 e. The molecule has 0 aromatic heterocycles. The molecule has 0 aliphatic heterocycles. The number of rotatable bonds is 10. The van der Waals surface area contributed by atoms with E-state index >= 15 is 0 Å². The fraction of sp³-hybridized carbons (Fsp3) is 0.462. The Morgan fingerprint density at radius 1 is 1.06 bits per heavy atom. The van der Waals surface area contributed by atoms with Gasteiger partial charge in [0.15, 0.2) is 0 Å². The number of benzene rings is 2. The van der Waals surface area contributed by atoms with Crippen molar-refractivity contribution in [2.45, 2.75) is 63.9 Å². The quantitative estimate of drug-likeness (QED) is 0.565. The molecule has 6 heteroatoms. The Morgan fingerprint density at radius 2 is 1.69 bits per heavy atom. The maximum Gasteiger partial charge on any atom is 0.242 e. The number of hydrogen-bond acceptors (Lipinski definition) is 4. The van der Waals surface area contributed by atoms with Gasteiger partial charge in [-0.1, -0.05) is 54.8 Å². The van der Waals surface area contributed by atoms with Gasteiger partial charge in [0, 0.05) is 18.3 Å². The van der Waals surface area contributed by atoms with E-state index in [1.54, 1.807) is 23.8 Å². The van der Waals surface area contributed by atoms with Gasteiger partial charge in [0.25, 0.3) is 0 Å². The number of nitrogens with zero attached hydrogens (tertiary/aromatic N) is 1. The summed E-state index contributed by atoms with van der Waals surface area (Å²) in [4.78, 5) is 27.8. The molecule has 1 aliphatic rings. The second kappa shape index (κ2) is 12.0. The second-order valence-electron chi connectivity index (χ2n) is 8.51. The normalized spacial score (nSPS) is 14.7. The lowest BCUT2D eigenvalue weighted by Crippen LogP contribution is -2.50. The maximum absolute atomic E-state index is 13.2. The second-order valence-corrected chi connectivity index (χ2v) is 9.50. The molecule has 1 unspecified atom stereocenters. The first-order valence-electron chi connectivity index (χ1n) is 11.3. The van der Waals surface area contributed by atoms with E-state index < -0.39 is 6.04 Å². The SMILES string of the molecule is COc1ccc(CN(C(=O)CSCc2ccc(C)cc2)C(C)C(=O)NC2CCCC2)cc1. The van der Waals surface area contributed by atoms with Crippen molar-refractivity contribution in [3.8, 4) is 5.75 Å². The fourth-order valence-electron chi connectivity index (χ4n) is 3.93. The third-order valence-electron chi connectivity index (χ3n) is 6.00. The molecule has 1 N–H and O–H groups in total. The zero-order chi connectivity index (χ0) is 22.9. The van der Waals surface area contributed by atoms with Crippen LogP contribution in [-0.2, 0) is 21.9 Å². The number of amides is 2. The van der Waals surface area contributed by atoms with Gasteiger partial charge >= 0.3 is 0 Å². The molecule has 172 valence electrons. The number of carbonyl (C=O) groups is 2. The summed E-state index contributed by atoms with van der Waals surface area (Å²) >= 11 is 1.58.